The van der Waals surface area contributed by atoms with Gasteiger partial charge in [0, 0.05) is 10.4 Å². The molecule has 0 spiro atoms. The predicted octanol–water partition coefficient (Wildman–Crippen LogP) is 2.36. The molecule has 0 N–H and O–H groups in total. The van der Waals surface area contributed by atoms with Gasteiger partial charge in [0.2, 0.25) is 0 Å². The van der Waals surface area contributed by atoms with Crippen molar-refractivity contribution >= 4 is 17.3 Å². The molecule has 0 amide bonds. The van der Waals surface area contributed by atoms with Crippen molar-refractivity contribution in [2.45, 2.75) is 20.3 Å². The number of thiophene rings is 1. The normalized spacial score (nSPS) is 9.00. The second kappa shape index (κ2) is 5.46. The Morgan fingerprint density at radius 2 is 2.43 bits per heavy atom. The molecule has 2 nitrogen and oxygen atoms in total. The predicted molar refractivity (Wildman–Crippen MR) is 57.2 cm³/mol. The van der Waals surface area contributed by atoms with E-state index in [1.807, 2.05) is 18.4 Å². The number of hydrogen-bond acceptors (Lipinski definition) is 3. The van der Waals surface area contributed by atoms with Crippen LogP contribution >= 0.6 is 11.3 Å². The van der Waals surface area contributed by atoms with Crippen molar-refractivity contribution in [3.8, 4) is 11.8 Å². The minimum atomic E-state index is -0.257. The van der Waals surface area contributed by atoms with Crippen molar-refractivity contribution < 1.29 is 9.53 Å². The quantitative estimate of drug-likeness (QED) is 0.551. The van der Waals surface area contributed by atoms with Gasteiger partial charge in [-0.2, -0.15) is 0 Å². The van der Waals surface area contributed by atoms with Gasteiger partial charge >= 0.3 is 5.97 Å². The van der Waals surface area contributed by atoms with Crippen molar-refractivity contribution in [3.05, 3.63) is 21.9 Å². The van der Waals surface area contributed by atoms with Crippen LogP contribution in [0.1, 0.15) is 23.8 Å². The van der Waals surface area contributed by atoms with Gasteiger partial charge in [-0.25, -0.2) is 0 Å². The molecule has 0 radical (unpaired) electrons. The Hall–Kier alpha value is -1.27. The number of carbonyl (C=O) groups excluding carboxylic acids is 1. The van der Waals surface area contributed by atoms with Crippen molar-refractivity contribution in [1.29, 1.82) is 0 Å². The number of esters is 1. The molecule has 0 saturated carbocycles. The molecule has 0 aliphatic rings. The lowest BCUT2D eigenvalue weighted by molar-refractivity contribution is -0.141. The first-order valence-corrected chi connectivity index (χ1v) is 5.30. The van der Waals surface area contributed by atoms with Gasteiger partial charge in [0.1, 0.15) is 6.42 Å². The van der Waals surface area contributed by atoms with Crippen LogP contribution in [-0.2, 0) is 9.53 Å². The van der Waals surface area contributed by atoms with Crippen LogP contribution in [0, 0.1) is 18.8 Å². The zero-order valence-electron chi connectivity index (χ0n) is 8.29. The molecule has 1 aromatic rings. The van der Waals surface area contributed by atoms with Gasteiger partial charge in [-0.1, -0.05) is 11.8 Å². The molecule has 3 heteroatoms. The second-order valence-corrected chi connectivity index (χ2v) is 3.79. The summed E-state index contributed by atoms with van der Waals surface area (Å²) >= 11 is 1.65. The molecule has 0 atom stereocenters. The Labute approximate surface area is 87.9 Å². The van der Waals surface area contributed by atoms with Crippen molar-refractivity contribution in [3.63, 3.8) is 0 Å². The summed E-state index contributed by atoms with van der Waals surface area (Å²) in [6.45, 7) is 4.21. The molecular weight excluding hydrogens is 196 g/mol. The van der Waals surface area contributed by atoms with Crippen LogP contribution in [0.25, 0.3) is 0 Å². The number of rotatable bonds is 2. The van der Waals surface area contributed by atoms with Crippen LogP contribution in [0.2, 0.25) is 0 Å². The third kappa shape index (κ3) is 3.23. The summed E-state index contributed by atoms with van der Waals surface area (Å²) in [5, 5.41) is 1.99. The standard InChI is InChI=1S/C11H12O2S/c1-3-13-11(12)6-4-5-10-7-8-14-9(10)2/h7-8H,3,6H2,1-2H3. The molecule has 74 valence electrons. The van der Waals surface area contributed by atoms with Crippen LogP contribution < -0.4 is 0 Å². The third-order valence-electron chi connectivity index (χ3n) is 1.62. The van der Waals surface area contributed by atoms with Gasteiger partial charge in [0.25, 0.3) is 0 Å². The minimum absolute atomic E-state index is 0.170. The van der Waals surface area contributed by atoms with Crippen LogP contribution in [0.5, 0.6) is 0 Å². The molecule has 1 rings (SSSR count). The van der Waals surface area contributed by atoms with Gasteiger partial charge in [0.15, 0.2) is 0 Å². The van der Waals surface area contributed by atoms with E-state index in [0.717, 1.165) is 5.56 Å². The van der Waals surface area contributed by atoms with E-state index in [0.29, 0.717) is 6.61 Å². The Balaban J connectivity index is 2.49. The van der Waals surface area contributed by atoms with E-state index < -0.39 is 0 Å². The lowest BCUT2D eigenvalue weighted by Gasteiger charge is -1.94. The van der Waals surface area contributed by atoms with Crippen molar-refractivity contribution in [1.82, 2.24) is 0 Å². The Kier molecular flexibility index (Phi) is 4.21. The molecule has 0 aromatic carbocycles. The van der Waals surface area contributed by atoms with Crippen molar-refractivity contribution in [2.75, 3.05) is 6.61 Å². The van der Waals surface area contributed by atoms with Gasteiger partial charge in [-0.3, -0.25) is 4.79 Å². The van der Waals surface area contributed by atoms with Crippen LogP contribution in [-0.4, -0.2) is 12.6 Å². The summed E-state index contributed by atoms with van der Waals surface area (Å²) in [7, 11) is 0. The maximum atomic E-state index is 10.9. The average Bonchev–Trinajstić information content (AvgIpc) is 2.52. The van der Waals surface area contributed by atoms with E-state index in [2.05, 4.69) is 11.8 Å². The number of carbonyl (C=O) groups is 1. The maximum absolute atomic E-state index is 10.9. The molecule has 14 heavy (non-hydrogen) atoms. The molecule has 0 fully saturated rings. The fourth-order valence-electron chi connectivity index (χ4n) is 0.938. The molecule has 0 unspecified atom stereocenters. The van der Waals surface area contributed by atoms with Gasteiger partial charge in [0.05, 0.1) is 6.61 Å². The highest BCUT2D eigenvalue weighted by atomic mass is 32.1. The van der Waals surface area contributed by atoms with Crippen LogP contribution in [0.4, 0.5) is 0 Å². The van der Waals surface area contributed by atoms with E-state index in [4.69, 9.17) is 4.74 Å². The highest BCUT2D eigenvalue weighted by Gasteiger charge is 1.97. The summed E-state index contributed by atoms with van der Waals surface area (Å²) in [5.74, 6) is 5.48. The second-order valence-electron chi connectivity index (χ2n) is 2.67. The highest BCUT2D eigenvalue weighted by Crippen LogP contribution is 2.13. The first kappa shape index (κ1) is 10.8. The molecule has 0 saturated heterocycles. The summed E-state index contributed by atoms with van der Waals surface area (Å²) < 4.78 is 4.75. The smallest absolute Gasteiger partial charge is 0.317 e. The summed E-state index contributed by atoms with van der Waals surface area (Å²) in [6.07, 6.45) is 0.170. The summed E-state index contributed by atoms with van der Waals surface area (Å²) in [6, 6.07) is 1.96. The van der Waals surface area contributed by atoms with E-state index in [1.54, 1.807) is 18.3 Å². The van der Waals surface area contributed by atoms with Gasteiger partial charge in [-0.15, -0.1) is 11.3 Å². The molecule has 0 aliphatic carbocycles. The zero-order valence-corrected chi connectivity index (χ0v) is 9.11. The SMILES string of the molecule is CCOC(=O)CC#Cc1ccsc1C. The first-order valence-electron chi connectivity index (χ1n) is 4.42. The zero-order chi connectivity index (χ0) is 10.4. The van der Waals surface area contributed by atoms with E-state index in [-0.39, 0.29) is 12.4 Å². The fraction of sp³-hybridized carbons (Fsp3) is 0.364. The monoisotopic (exact) mass is 208 g/mol. The highest BCUT2D eigenvalue weighted by molar-refractivity contribution is 7.10. The average molecular weight is 208 g/mol. The molecular formula is C11H12O2S. The van der Waals surface area contributed by atoms with Gasteiger partial charge in [-0.05, 0) is 25.3 Å². The third-order valence-corrected chi connectivity index (χ3v) is 2.47. The largest absolute Gasteiger partial charge is 0.465 e. The lowest BCUT2D eigenvalue weighted by atomic mass is 10.2. The van der Waals surface area contributed by atoms with Crippen molar-refractivity contribution in [2.24, 2.45) is 0 Å². The van der Waals surface area contributed by atoms with Crippen LogP contribution in [0.15, 0.2) is 11.4 Å². The molecule has 0 aliphatic heterocycles. The van der Waals surface area contributed by atoms with E-state index in [9.17, 15) is 4.79 Å². The summed E-state index contributed by atoms with van der Waals surface area (Å²) in [5.41, 5.74) is 0.999. The molecule has 0 bridgehead atoms. The Morgan fingerprint density at radius 3 is 3.00 bits per heavy atom. The van der Waals surface area contributed by atoms with Crippen LogP contribution in [0.3, 0.4) is 0 Å². The van der Waals surface area contributed by atoms with E-state index in [1.165, 1.54) is 4.88 Å². The minimum Gasteiger partial charge on any atom is -0.465 e. The number of ether oxygens (including phenoxy) is 1. The number of hydrogen-bond donors (Lipinski definition) is 0. The molecule has 1 heterocycles. The Bertz CT molecular complexity index is 368. The fourth-order valence-corrected chi connectivity index (χ4v) is 1.59. The lowest BCUT2D eigenvalue weighted by Crippen LogP contribution is -2.01. The number of aryl methyl sites for hydroxylation is 1. The maximum Gasteiger partial charge on any atom is 0.317 e. The van der Waals surface area contributed by atoms with Gasteiger partial charge < -0.3 is 4.74 Å². The Morgan fingerprint density at radius 1 is 1.64 bits per heavy atom. The summed E-state index contributed by atoms with van der Waals surface area (Å²) in [4.78, 5) is 12.1. The van der Waals surface area contributed by atoms with E-state index >= 15 is 0 Å². The molecule has 1 aromatic heterocycles. The topological polar surface area (TPSA) is 26.3 Å². The first-order chi connectivity index (χ1) is 6.74.